The lowest BCUT2D eigenvalue weighted by molar-refractivity contribution is 0.355. The number of anilines is 1. The van der Waals surface area contributed by atoms with E-state index in [0.29, 0.717) is 17.2 Å². The highest BCUT2D eigenvalue weighted by Crippen LogP contribution is 2.29. The number of halogens is 2. The van der Waals surface area contributed by atoms with Crippen LogP contribution in [0, 0.1) is 0 Å². The number of alkyl halides is 1. The second-order valence-corrected chi connectivity index (χ2v) is 3.15. The van der Waals surface area contributed by atoms with Crippen LogP contribution in [0.15, 0.2) is 23.2 Å². The van der Waals surface area contributed by atoms with E-state index < -0.39 is 6.67 Å². The fourth-order valence-corrected chi connectivity index (χ4v) is 1.26. The van der Waals surface area contributed by atoms with E-state index in [9.17, 15) is 4.39 Å². The first-order valence-corrected chi connectivity index (χ1v) is 5.06. The number of nitrogens with two attached hydrogens (primary N) is 1. The fourth-order valence-electron chi connectivity index (χ4n) is 1.26. The number of guanidine groups is 1. The number of hydrogen-bond donors (Lipinski definition) is 2. The van der Waals surface area contributed by atoms with E-state index in [1.807, 2.05) is 0 Å². The van der Waals surface area contributed by atoms with Crippen LogP contribution in [-0.2, 0) is 0 Å². The number of ether oxygens (including phenoxy) is 2. The van der Waals surface area contributed by atoms with Crippen molar-refractivity contribution in [2.45, 2.75) is 0 Å². The third-order valence-corrected chi connectivity index (χ3v) is 2.02. The van der Waals surface area contributed by atoms with Crippen molar-refractivity contribution in [1.29, 1.82) is 0 Å². The predicted molar refractivity (Wildman–Crippen MR) is 81.0 cm³/mol. The van der Waals surface area contributed by atoms with Gasteiger partial charge in [0.05, 0.1) is 20.8 Å². The summed E-state index contributed by atoms with van der Waals surface area (Å²) in [5.41, 5.74) is 6.25. The van der Waals surface area contributed by atoms with Gasteiger partial charge in [-0.05, 0) is 12.1 Å². The fraction of sp³-hybridized carbons (Fsp3) is 0.364. The molecule has 1 aromatic carbocycles. The van der Waals surface area contributed by atoms with E-state index >= 15 is 0 Å². The largest absolute Gasteiger partial charge is 0.493 e. The molecule has 18 heavy (non-hydrogen) atoms. The van der Waals surface area contributed by atoms with E-state index in [0.717, 1.165) is 0 Å². The molecule has 0 atom stereocenters. The second kappa shape index (κ2) is 8.78. The molecule has 0 aliphatic heterocycles. The predicted octanol–water partition coefficient (Wildman–Crippen LogP) is 2.02. The Hall–Kier alpha value is -1.25. The lowest BCUT2D eigenvalue weighted by Gasteiger charge is -2.10. The zero-order valence-corrected chi connectivity index (χ0v) is 12.6. The molecular weight excluding hydrogens is 352 g/mol. The van der Waals surface area contributed by atoms with E-state index in [1.165, 1.54) is 0 Å². The average molecular weight is 369 g/mol. The van der Waals surface area contributed by atoms with E-state index in [2.05, 4.69) is 10.3 Å². The van der Waals surface area contributed by atoms with Crippen molar-refractivity contribution >= 4 is 35.6 Å². The van der Waals surface area contributed by atoms with Crippen molar-refractivity contribution in [2.24, 2.45) is 10.7 Å². The molecule has 1 rings (SSSR count). The number of aliphatic imine (C=N–C) groups is 1. The maximum absolute atomic E-state index is 11.9. The molecule has 1 aromatic rings. The summed E-state index contributed by atoms with van der Waals surface area (Å²) in [5.74, 6) is 1.36. The van der Waals surface area contributed by atoms with Gasteiger partial charge in [0, 0.05) is 11.8 Å². The zero-order chi connectivity index (χ0) is 12.7. The maximum atomic E-state index is 11.9. The van der Waals surface area contributed by atoms with Gasteiger partial charge in [0.25, 0.3) is 0 Å². The molecule has 0 saturated carbocycles. The van der Waals surface area contributed by atoms with Crippen LogP contribution >= 0.6 is 24.0 Å². The van der Waals surface area contributed by atoms with Crippen LogP contribution in [0.4, 0.5) is 10.1 Å². The topological polar surface area (TPSA) is 68.9 Å². The second-order valence-electron chi connectivity index (χ2n) is 3.15. The van der Waals surface area contributed by atoms with Gasteiger partial charge in [-0.3, -0.25) is 4.99 Å². The van der Waals surface area contributed by atoms with Crippen molar-refractivity contribution in [3.63, 3.8) is 0 Å². The molecule has 0 aliphatic rings. The van der Waals surface area contributed by atoms with Crippen LogP contribution in [-0.4, -0.2) is 33.4 Å². The van der Waals surface area contributed by atoms with E-state index in [1.54, 1.807) is 32.4 Å². The van der Waals surface area contributed by atoms with Gasteiger partial charge in [0.1, 0.15) is 6.67 Å². The maximum Gasteiger partial charge on any atom is 0.193 e. The summed E-state index contributed by atoms with van der Waals surface area (Å²) >= 11 is 0. The summed E-state index contributed by atoms with van der Waals surface area (Å²) in [5, 5.41) is 2.83. The molecule has 0 fully saturated rings. The minimum atomic E-state index is -0.533. The molecule has 0 bridgehead atoms. The molecule has 3 N–H and O–H groups in total. The Morgan fingerprint density at radius 1 is 1.33 bits per heavy atom. The van der Waals surface area contributed by atoms with Crippen LogP contribution in [0.2, 0.25) is 0 Å². The lowest BCUT2D eigenvalue weighted by Crippen LogP contribution is -2.23. The van der Waals surface area contributed by atoms with Crippen molar-refractivity contribution in [3.05, 3.63) is 18.2 Å². The van der Waals surface area contributed by atoms with Gasteiger partial charge in [0.15, 0.2) is 17.5 Å². The molecule has 5 nitrogen and oxygen atoms in total. The van der Waals surface area contributed by atoms with Crippen LogP contribution in [0.1, 0.15) is 0 Å². The molecule has 0 aliphatic carbocycles. The van der Waals surface area contributed by atoms with E-state index in [-0.39, 0.29) is 36.5 Å². The molecule has 0 saturated heterocycles. The molecule has 0 radical (unpaired) electrons. The summed E-state index contributed by atoms with van der Waals surface area (Å²) in [7, 11) is 3.10. The molecule has 0 amide bonds. The van der Waals surface area contributed by atoms with Gasteiger partial charge in [-0.25, -0.2) is 4.39 Å². The third kappa shape index (κ3) is 4.94. The van der Waals surface area contributed by atoms with Gasteiger partial charge < -0.3 is 20.5 Å². The van der Waals surface area contributed by atoms with Crippen LogP contribution in [0.25, 0.3) is 0 Å². The van der Waals surface area contributed by atoms with Crippen LogP contribution in [0.3, 0.4) is 0 Å². The van der Waals surface area contributed by atoms with Crippen molar-refractivity contribution in [3.8, 4) is 11.5 Å². The van der Waals surface area contributed by atoms with Gasteiger partial charge in [0.2, 0.25) is 0 Å². The standard InChI is InChI=1S/C11H16FN3O2.HI/c1-16-9-4-3-8(7-10(9)17-2)15-11(13)14-6-5-12;/h3-4,7H,5-6H2,1-2H3,(H3,13,14,15);1H. The molecule has 0 unspecified atom stereocenters. The zero-order valence-electron chi connectivity index (χ0n) is 10.3. The highest BCUT2D eigenvalue weighted by molar-refractivity contribution is 14.0. The summed E-state index contributed by atoms with van der Waals surface area (Å²) in [6.07, 6.45) is 0. The first kappa shape index (κ1) is 16.8. The Balaban J connectivity index is 0.00000289. The summed E-state index contributed by atoms with van der Waals surface area (Å²) in [6.45, 7) is -0.486. The number of rotatable bonds is 5. The Morgan fingerprint density at radius 3 is 2.56 bits per heavy atom. The Kier molecular flexibility index (Phi) is 8.17. The Morgan fingerprint density at radius 2 is 2.00 bits per heavy atom. The Bertz CT molecular complexity index is 402. The quantitative estimate of drug-likeness (QED) is 0.474. The Labute approximate surface area is 123 Å². The highest BCUT2D eigenvalue weighted by Gasteiger charge is 2.04. The first-order chi connectivity index (χ1) is 8.21. The van der Waals surface area contributed by atoms with Crippen molar-refractivity contribution < 1.29 is 13.9 Å². The van der Waals surface area contributed by atoms with Crippen LogP contribution < -0.4 is 20.5 Å². The highest BCUT2D eigenvalue weighted by atomic mass is 127. The first-order valence-electron chi connectivity index (χ1n) is 5.06. The summed E-state index contributed by atoms with van der Waals surface area (Å²) < 4.78 is 22.1. The molecule has 7 heteroatoms. The van der Waals surface area contributed by atoms with Gasteiger partial charge >= 0.3 is 0 Å². The number of benzene rings is 1. The summed E-state index contributed by atoms with van der Waals surface area (Å²) in [6, 6.07) is 5.22. The van der Waals surface area contributed by atoms with Gasteiger partial charge in [-0.2, -0.15) is 0 Å². The number of methoxy groups -OCH3 is 2. The lowest BCUT2D eigenvalue weighted by atomic mass is 10.3. The van der Waals surface area contributed by atoms with Crippen LogP contribution in [0.5, 0.6) is 11.5 Å². The van der Waals surface area contributed by atoms with Crippen molar-refractivity contribution in [2.75, 3.05) is 32.8 Å². The minimum Gasteiger partial charge on any atom is -0.493 e. The molecule has 0 aromatic heterocycles. The van der Waals surface area contributed by atoms with E-state index in [4.69, 9.17) is 15.2 Å². The van der Waals surface area contributed by atoms with Gasteiger partial charge in [-0.15, -0.1) is 24.0 Å². The SMILES string of the molecule is COc1ccc(NC(N)=NCCF)cc1OC.I. The van der Waals surface area contributed by atoms with Crippen molar-refractivity contribution in [1.82, 2.24) is 0 Å². The average Bonchev–Trinajstić information content (AvgIpc) is 2.36. The number of nitrogens with zero attached hydrogens (tertiary/aromatic N) is 1. The van der Waals surface area contributed by atoms with Gasteiger partial charge in [-0.1, -0.05) is 0 Å². The smallest absolute Gasteiger partial charge is 0.193 e. The monoisotopic (exact) mass is 369 g/mol. The summed E-state index contributed by atoms with van der Waals surface area (Å²) in [4.78, 5) is 3.77. The minimum absolute atomic E-state index is 0. The number of hydrogen-bond acceptors (Lipinski definition) is 3. The number of nitrogens with one attached hydrogen (secondary N) is 1. The molecule has 0 spiro atoms. The third-order valence-electron chi connectivity index (χ3n) is 2.02. The molecule has 0 heterocycles. The molecular formula is C11H17FIN3O2. The molecule has 102 valence electrons. The normalized spacial score (nSPS) is 10.5.